The zero-order valence-electron chi connectivity index (χ0n) is 14.6. The van der Waals surface area contributed by atoms with E-state index < -0.39 is 0 Å². The van der Waals surface area contributed by atoms with Crippen LogP contribution in [0.4, 0.5) is 11.4 Å². The van der Waals surface area contributed by atoms with E-state index in [2.05, 4.69) is 10.2 Å². The number of hydrogen-bond acceptors (Lipinski definition) is 3. The molecule has 1 amide bonds. The van der Waals surface area contributed by atoms with Crippen molar-refractivity contribution in [3.05, 3.63) is 52.5 Å². The second kappa shape index (κ2) is 7.79. The van der Waals surface area contributed by atoms with E-state index in [0.717, 1.165) is 29.9 Å². The summed E-state index contributed by atoms with van der Waals surface area (Å²) in [5.74, 6) is 0.358. The predicted molar refractivity (Wildman–Crippen MR) is 103 cm³/mol. The molecule has 5 heteroatoms. The van der Waals surface area contributed by atoms with Crippen LogP contribution in [0.3, 0.4) is 0 Å². The minimum absolute atomic E-state index is 0.0719. The van der Waals surface area contributed by atoms with Crippen molar-refractivity contribution in [3.8, 4) is 5.75 Å². The number of halogens is 1. The van der Waals surface area contributed by atoms with Gasteiger partial charge < -0.3 is 15.0 Å². The van der Waals surface area contributed by atoms with Gasteiger partial charge in [0.05, 0.1) is 5.02 Å². The highest BCUT2D eigenvalue weighted by Crippen LogP contribution is 2.29. The van der Waals surface area contributed by atoms with Crippen molar-refractivity contribution in [2.45, 2.75) is 26.7 Å². The first-order valence-corrected chi connectivity index (χ1v) is 8.95. The number of anilines is 2. The predicted octanol–water partition coefficient (Wildman–Crippen LogP) is 4.57. The van der Waals surface area contributed by atoms with Gasteiger partial charge in [-0.25, -0.2) is 0 Å². The van der Waals surface area contributed by atoms with Crippen molar-refractivity contribution in [2.24, 2.45) is 0 Å². The first kappa shape index (κ1) is 17.6. The maximum atomic E-state index is 12.1. The Balaban J connectivity index is 1.56. The van der Waals surface area contributed by atoms with Crippen LogP contribution in [0, 0.1) is 13.8 Å². The number of carbonyl (C=O) groups is 1. The SMILES string of the molecule is Cc1cc(C)c(OCC(=O)Nc2ccc(N3CCCC3)cc2)c(Cl)c1. The third kappa shape index (κ3) is 4.45. The molecule has 2 aromatic rings. The molecule has 0 unspecified atom stereocenters. The van der Waals surface area contributed by atoms with Crippen LogP contribution in [-0.2, 0) is 4.79 Å². The number of benzene rings is 2. The van der Waals surface area contributed by atoms with Gasteiger partial charge in [-0.15, -0.1) is 0 Å². The Morgan fingerprint density at radius 1 is 1.16 bits per heavy atom. The molecule has 2 aromatic carbocycles. The molecule has 132 valence electrons. The van der Waals surface area contributed by atoms with E-state index >= 15 is 0 Å². The van der Waals surface area contributed by atoms with Crippen molar-refractivity contribution < 1.29 is 9.53 Å². The summed E-state index contributed by atoms with van der Waals surface area (Å²) in [5.41, 5.74) is 3.96. The lowest BCUT2D eigenvalue weighted by molar-refractivity contribution is -0.118. The van der Waals surface area contributed by atoms with E-state index in [4.69, 9.17) is 16.3 Å². The van der Waals surface area contributed by atoms with Crippen molar-refractivity contribution in [1.29, 1.82) is 0 Å². The molecule has 25 heavy (non-hydrogen) atoms. The molecule has 4 nitrogen and oxygen atoms in total. The molecule has 0 atom stereocenters. The van der Waals surface area contributed by atoms with E-state index in [1.54, 1.807) is 0 Å². The first-order valence-electron chi connectivity index (χ1n) is 8.57. The van der Waals surface area contributed by atoms with Gasteiger partial charge in [0, 0.05) is 24.5 Å². The molecule has 1 saturated heterocycles. The van der Waals surface area contributed by atoms with E-state index in [1.807, 2.05) is 50.2 Å². The average molecular weight is 359 g/mol. The van der Waals surface area contributed by atoms with Crippen LogP contribution in [0.15, 0.2) is 36.4 Å². The Labute approximate surface area is 153 Å². The quantitative estimate of drug-likeness (QED) is 0.850. The number of amides is 1. The summed E-state index contributed by atoms with van der Waals surface area (Å²) in [6, 6.07) is 11.8. The van der Waals surface area contributed by atoms with Crippen molar-refractivity contribution in [2.75, 3.05) is 29.9 Å². The number of ether oxygens (including phenoxy) is 1. The normalized spacial score (nSPS) is 13.8. The Hall–Kier alpha value is -2.20. The molecular weight excluding hydrogens is 336 g/mol. The van der Waals surface area contributed by atoms with E-state index in [9.17, 15) is 4.79 Å². The molecule has 0 radical (unpaired) electrons. The summed E-state index contributed by atoms with van der Waals surface area (Å²) >= 11 is 6.20. The molecule has 1 N–H and O–H groups in total. The average Bonchev–Trinajstić information content (AvgIpc) is 3.09. The highest BCUT2D eigenvalue weighted by atomic mass is 35.5. The maximum Gasteiger partial charge on any atom is 0.262 e. The van der Waals surface area contributed by atoms with E-state index in [0.29, 0.717) is 10.8 Å². The molecule has 1 aliphatic rings. The third-order valence-electron chi connectivity index (χ3n) is 4.34. The highest BCUT2D eigenvalue weighted by molar-refractivity contribution is 6.32. The van der Waals surface area contributed by atoms with Gasteiger partial charge in [0.15, 0.2) is 6.61 Å². The molecule has 0 bridgehead atoms. The maximum absolute atomic E-state index is 12.1. The van der Waals surface area contributed by atoms with Crippen molar-refractivity contribution in [1.82, 2.24) is 0 Å². The van der Waals surface area contributed by atoms with Crippen LogP contribution in [0.1, 0.15) is 24.0 Å². The smallest absolute Gasteiger partial charge is 0.262 e. The van der Waals surface area contributed by atoms with Gasteiger partial charge in [-0.05, 0) is 68.1 Å². The highest BCUT2D eigenvalue weighted by Gasteiger charge is 2.13. The number of carbonyl (C=O) groups excluding carboxylic acids is 1. The molecule has 0 aromatic heterocycles. The number of aryl methyl sites for hydroxylation is 2. The lowest BCUT2D eigenvalue weighted by Crippen LogP contribution is -2.21. The second-order valence-corrected chi connectivity index (χ2v) is 6.88. The lowest BCUT2D eigenvalue weighted by atomic mass is 10.1. The third-order valence-corrected chi connectivity index (χ3v) is 4.62. The van der Waals surface area contributed by atoms with Crippen LogP contribution in [0.2, 0.25) is 5.02 Å². The molecule has 1 fully saturated rings. The largest absolute Gasteiger partial charge is 0.482 e. The fourth-order valence-electron chi connectivity index (χ4n) is 3.15. The van der Waals surface area contributed by atoms with E-state index in [1.165, 1.54) is 18.5 Å². The minimum Gasteiger partial charge on any atom is -0.482 e. The van der Waals surface area contributed by atoms with Gasteiger partial charge in [0.25, 0.3) is 5.91 Å². The lowest BCUT2D eigenvalue weighted by Gasteiger charge is -2.18. The van der Waals surface area contributed by atoms with Crippen LogP contribution in [-0.4, -0.2) is 25.6 Å². The van der Waals surface area contributed by atoms with E-state index in [-0.39, 0.29) is 12.5 Å². The zero-order chi connectivity index (χ0) is 17.8. The fourth-order valence-corrected chi connectivity index (χ4v) is 3.53. The first-order chi connectivity index (χ1) is 12.0. The van der Waals surface area contributed by atoms with Crippen molar-refractivity contribution >= 4 is 28.9 Å². The molecule has 0 aliphatic carbocycles. The van der Waals surface area contributed by atoms with Crippen LogP contribution >= 0.6 is 11.6 Å². The van der Waals surface area contributed by atoms with Gasteiger partial charge in [0.2, 0.25) is 0 Å². The number of nitrogens with zero attached hydrogens (tertiary/aromatic N) is 1. The molecule has 0 saturated carbocycles. The molecule has 1 heterocycles. The van der Waals surface area contributed by atoms with Crippen LogP contribution in [0.25, 0.3) is 0 Å². The van der Waals surface area contributed by atoms with Gasteiger partial charge in [-0.3, -0.25) is 4.79 Å². The second-order valence-electron chi connectivity index (χ2n) is 6.47. The van der Waals surface area contributed by atoms with Crippen LogP contribution < -0.4 is 15.0 Å². The summed E-state index contributed by atoms with van der Waals surface area (Å²) in [4.78, 5) is 14.5. The van der Waals surface area contributed by atoms with Gasteiger partial charge >= 0.3 is 0 Å². The number of hydrogen-bond donors (Lipinski definition) is 1. The van der Waals surface area contributed by atoms with Gasteiger partial charge in [-0.2, -0.15) is 0 Å². The van der Waals surface area contributed by atoms with Gasteiger partial charge in [-0.1, -0.05) is 17.7 Å². The summed E-state index contributed by atoms with van der Waals surface area (Å²) in [6.45, 7) is 6.04. The van der Waals surface area contributed by atoms with Crippen LogP contribution in [0.5, 0.6) is 5.75 Å². The molecular formula is C20H23ClN2O2. The molecule has 3 rings (SSSR count). The standard InChI is InChI=1S/C20H23ClN2O2/c1-14-11-15(2)20(18(21)12-14)25-13-19(24)22-16-5-7-17(8-6-16)23-9-3-4-10-23/h5-8,11-12H,3-4,9-10,13H2,1-2H3,(H,22,24). The number of rotatable bonds is 5. The topological polar surface area (TPSA) is 41.6 Å². The zero-order valence-corrected chi connectivity index (χ0v) is 15.4. The summed E-state index contributed by atoms with van der Waals surface area (Å²) in [6.07, 6.45) is 2.49. The van der Waals surface area contributed by atoms with Gasteiger partial charge in [0.1, 0.15) is 5.75 Å². The Morgan fingerprint density at radius 3 is 2.48 bits per heavy atom. The Bertz CT molecular complexity index is 730. The monoisotopic (exact) mass is 358 g/mol. The minimum atomic E-state index is -0.204. The fraction of sp³-hybridized carbons (Fsp3) is 0.350. The summed E-state index contributed by atoms with van der Waals surface area (Å²) in [5, 5.41) is 3.38. The summed E-state index contributed by atoms with van der Waals surface area (Å²) in [7, 11) is 0. The molecule has 0 spiro atoms. The van der Waals surface area contributed by atoms with Crippen molar-refractivity contribution in [3.63, 3.8) is 0 Å². The number of nitrogens with one attached hydrogen (secondary N) is 1. The summed E-state index contributed by atoms with van der Waals surface area (Å²) < 4.78 is 5.61. The Kier molecular flexibility index (Phi) is 5.49. The molecule has 1 aliphatic heterocycles. The Morgan fingerprint density at radius 2 is 1.84 bits per heavy atom.